The Bertz CT molecular complexity index is 475. The zero-order valence-electron chi connectivity index (χ0n) is 14.6. The number of amides is 1. The van der Waals surface area contributed by atoms with E-state index in [9.17, 15) is 4.79 Å². The third kappa shape index (κ3) is 5.43. The van der Waals surface area contributed by atoms with Crippen molar-refractivity contribution >= 4 is 5.91 Å². The Morgan fingerprint density at radius 2 is 1.73 bits per heavy atom. The van der Waals surface area contributed by atoms with Crippen LogP contribution in [0.1, 0.15) is 45.7 Å². The van der Waals surface area contributed by atoms with Gasteiger partial charge in [0, 0.05) is 13.1 Å². The molecule has 0 bridgehead atoms. The maximum Gasteiger partial charge on any atom is 0.237 e. The SMILES string of the molecule is CCN(CC)Cc1ccccc1CNC(=O)[C@@H](N)C(C)(C)C. The van der Waals surface area contributed by atoms with Crippen LogP contribution in [-0.2, 0) is 17.9 Å². The number of nitrogens with two attached hydrogens (primary N) is 1. The van der Waals surface area contributed by atoms with Crippen molar-refractivity contribution in [3.8, 4) is 0 Å². The standard InChI is InChI=1S/C18H31N3O/c1-6-21(7-2)13-15-11-9-8-10-14(15)12-20-17(22)16(19)18(3,4)5/h8-11,16H,6-7,12-13,19H2,1-5H3,(H,20,22)/t16-/m1/s1. The maximum absolute atomic E-state index is 12.2. The lowest BCUT2D eigenvalue weighted by molar-refractivity contribution is -0.124. The summed E-state index contributed by atoms with van der Waals surface area (Å²) in [7, 11) is 0. The van der Waals surface area contributed by atoms with E-state index < -0.39 is 6.04 Å². The molecule has 4 nitrogen and oxygen atoms in total. The zero-order chi connectivity index (χ0) is 16.8. The zero-order valence-corrected chi connectivity index (χ0v) is 14.6. The monoisotopic (exact) mass is 305 g/mol. The Morgan fingerprint density at radius 1 is 1.18 bits per heavy atom. The van der Waals surface area contributed by atoms with Crippen molar-refractivity contribution in [3.63, 3.8) is 0 Å². The fraction of sp³-hybridized carbons (Fsp3) is 0.611. The highest BCUT2D eigenvalue weighted by Crippen LogP contribution is 2.17. The van der Waals surface area contributed by atoms with E-state index in [2.05, 4.69) is 36.2 Å². The molecule has 0 saturated carbocycles. The van der Waals surface area contributed by atoms with Crippen LogP contribution in [0.4, 0.5) is 0 Å². The molecule has 1 aromatic rings. The summed E-state index contributed by atoms with van der Waals surface area (Å²) in [5.74, 6) is -0.0925. The fourth-order valence-corrected chi connectivity index (χ4v) is 2.26. The second-order valence-electron chi connectivity index (χ2n) is 6.79. The lowest BCUT2D eigenvalue weighted by atomic mass is 9.87. The molecule has 0 spiro atoms. The first kappa shape index (κ1) is 18.7. The van der Waals surface area contributed by atoms with Gasteiger partial charge in [-0.05, 0) is 29.6 Å². The molecule has 0 aliphatic carbocycles. The van der Waals surface area contributed by atoms with Crippen molar-refractivity contribution < 1.29 is 4.79 Å². The van der Waals surface area contributed by atoms with E-state index in [4.69, 9.17) is 5.73 Å². The summed E-state index contributed by atoms with van der Waals surface area (Å²) >= 11 is 0. The Kier molecular flexibility index (Phi) is 7.04. The summed E-state index contributed by atoms with van der Waals surface area (Å²) in [4.78, 5) is 14.5. The molecular formula is C18H31N3O. The minimum Gasteiger partial charge on any atom is -0.351 e. The average Bonchev–Trinajstić information content (AvgIpc) is 2.49. The summed E-state index contributed by atoms with van der Waals surface area (Å²) in [5, 5.41) is 2.97. The molecule has 0 heterocycles. The number of rotatable bonds is 7. The number of hydrogen-bond acceptors (Lipinski definition) is 3. The average molecular weight is 305 g/mol. The van der Waals surface area contributed by atoms with Crippen LogP contribution in [0.2, 0.25) is 0 Å². The second kappa shape index (κ2) is 8.30. The minimum atomic E-state index is -0.498. The molecule has 0 saturated heterocycles. The van der Waals surface area contributed by atoms with Gasteiger partial charge in [-0.3, -0.25) is 9.69 Å². The van der Waals surface area contributed by atoms with E-state index >= 15 is 0 Å². The first-order valence-corrected chi connectivity index (χ1v) is 8.12. The van der Waals surface area contributed by atoms with Gasteiger partial charge in [0.05, 0.1) is 6.04 Å². The van der Waals surface area contributed by atoms with E-state index in [1.54, 1.807) is 0 Å². The van der Waals surface area contributed by atoms with Gasteiger partial charge in [0.2, 0.25) is 5.91 Å². The highest BCUT2D eigenvalue weighted by atomic mass is 16.2. The third-order valence-corrected chi connectivity index (χ3v) is 4.08. The van der Waals surface area contributed by atoms with Gasteiger partial charge in [-0.25, -0.2) is 0 Å². The van der Waals surface area contributed by atoms with Crippen LogP contribution in [0.15, 0.2) is 24.3 Å². The Hall–Kier alpha value is -1.39. The summed E-state index contributed by atoms with van der Waals surface area (Å²) in [6, 6.07) is 7.76. The van der Waals surface area contributed by atoms with Crippen molar-refractivity contribution in [2.75, 3.05) is 13.1 Å². The summed E-state index contributed by atoms with van der Waals surface area (Å²) in [5.41, 5.74) is 8.19. The lowest BCUT2D eigenvalue weighted by Gasteiger charge is -2.26. The van der Waals surface area contributed by atoms with Crippen molar-refractivity contribution in [2.24, 2.45) is 11.1 Å². The van der Waals surface area contributed by atoms with Crippen molar-refractivity contribution in [2.45, 2.75) is 53.8 Å². The first-order chi connectivity index (χ1) is 10.3. The first-order valence-electron chi connectivity index (χ1n) is 8.12. The molecule has 0 radical (unpaired) electrons. The molecule has 0 fully saturated rings. The van der Waals surface area contributed by atoms with Gasteiger partial charge in [0.15, 0.2) is 0 Å². The maximum atomic E-state index is 12.2. The minimum absolute atomic E-state index is 0.0925. The summed E-state index contributed by atoms with van der Waals surface area (Å²) < 4.78 is 0. The van der Waals surface area contributed by atoms with Gasteiger partial charge in [0.25, 0.3) is 0 Å². The molecule has 4 heteroatoms. The number of carbonyl (C=O) groups excluding carboxylic acids is 1. The normalized spacial score (nSPS) is 13.2. The van der Waals surface area contributed by atoms with E-state index in [0.717, 1.165) is 25.2 Å². The second-order valence-corrected chi connectivity index (χ2v) is 6.79. The summed E-state index contributed by atoms with van der Waals surface area (Å²) in [6.07, 6.45) is 0. The van der Waals surface area contributed by atoms with Crippen molar-refractivity contribution in [1.29, 1.82) is 0 Å². The number of benzene rings is 1. The van der Waals surface area contributed by atoms with Crippen LogP contribution in [0.5, 0.6) is 0 Å². The smallest absolute Gasteiger partial charge is 0.237 e. The fourth-order valence-electron chi connectivity index (χ4n) is 2.26. The Morgan fingerprint density at radius 3 is 2.23 bits per heavy atom. The van der Waals surface area contributed by atoms with Gasteiger partial charge in [-0.15, -0.1) is 0 Å². The predicted molar refractivity (Wildman–Crippen MR) is 92.3 cm³/mol. The molecular weight excluding hydrogens is 274 g/mol. The van der Waals surface area contributed by atoms with Gasteiger partial charge in [0.1, 0.15) is 0 Å². The van der Waals surface area contributed by atoms with Gasteiger partial charge in [-0.2, -0.15) is 0 Å². The van der Waals surface area contributed by atoms with Gasteiger partial charge in [-0.1, -0.05) is 58.9 Å². The lowest BCUT2D eigenvalue weighted by Crippen LogP contribution is -2.48. The van der Waals surface area contributed by atoms with Crippen molar-refractivity contribution in [1.82, 2.24) is 10.2 Å². The molecule has 1 rings (SSSR count). The molecule has 1 atom stereocenters. The Labute approximate surface area is 135 Å². The predicted octanol–water partition coefficient (Wildman–Crippen LogP) is 2.52. The van der Waals surface area contributed by atoms with Crippen LogP contribution in [0.25, 0.3) is 0 Å². The molecule has 0 aliphatic rings. The van der Waals surface area contributed by atoms with Crippen LogP contribution < -0.4 is 11.1 Å². The Balaban J connectivity index is 2.72. The van der Waals surface area contributed by atoms with Crippen LogP contribution in [0, 0.1) is 5.41 Å². The molecule has 1 amide bonds. The van der Waals surface area contributed by atoms with Crippen molar-refractivity contribution in [3.05, 3.63) is 35.4 Å². The molecule has 124 valence electrons. The van der Waals surface area contributed by atoms with E-state index in [1.807, 2.05) is 32.9 Å². The molecule has 3 N–H and O–H groups in total. The number of carbonyl (C=O) groups is 1. The quantitative estimate of drug-likeness (QED) is 0.814. The molecule has 0 aliphatic heterocycles. The molecule has 1 aromatic carbocycles. The van der Waals surface area contributed by atoms with E-state index in [-0.39, 0.29) is 11.3 Å². The topological polar surface area (TPSA) is 58.4 Å². The molecule has 0 unspecified atom stereocenters. The number of nitrogens with zero attached hydrogens (tertiary/aromatic N) is 1. The van der Waals surface area contributed by atoms with Gasteiger partial charge < -0.3 is 11.1 Å². The van der Waals surface area contributed by atoms with Crippen LogP contribution in [-0.4, -0.2) is 29.9 Å². The highest BCUT2D eigenvalue weighted by Gasteiger charge is 2.27. The number of nitrogens with one attached hydrogen (secondary N) is 1. The largest absolute Gasteiger partial charge is 0.351 e. The van der Waals surface area contributed by atoms with Gasteiger partial charge >= 0.3 is 0 Å². The van der Waals surface area contributed by atoms with Crippen LogP contribution >= 0.6 is 0 Å². The third-order valence-electron chi connectivity index (χ3n) is 4.08. The highest BCUT2D eigenvalue weighted by molar-refractivity contribution is 5.82. The molecule has 22 heavy (non-hydrogen) atoms. The van der Waals surface area contributed by atoms with E-state index in [1.165, 1.54) is 5.56 Å². The number of hydrogen-bond donors (Lipinski definition) is 2. The summed E-state index contributed by atoms with van der Waals surface area (Å²) in [6.45, 7) is 13.7. The van der Waals surface area contributed by atoms with E-state index in [0.29, 0.717) is 6.54 Å². The van der Waals surface area contributed by atoms with Crippen LogP contribution in [0.3, 0.4) is 0 Å². The molecule has 0 aromatic heterocycles.